The number of esters is 1. The highest BCUT2D eigenvalue weighted by Gasteiger charge is 2.02. The number of allylic oxidation sites excluding steroid dienone is 2. The largest absolute Gasteiger partial charge is 0.466 e. The van der Waals surface area contributed by atoms with Crippen molar-refractivity contribution in [1.29, 1.82) is 0 Å². The van der Waals surface area contributed by atoms with E-state index in [0.29, 0.717) is 13.0 Å². The van der Waals surface area contributed by atoms with Crippen molar-refractivity contribution < 1.29 is 9.53 Å². The Kier molecular flexibility index (Phi) is 23.6. The van der Waals surface area contributed by atoms with E-state index >= 15 is 0 Å². The molecule has 0 aliphatic heterocycles. The van der Waals surface area contributed by atoms with Gasteiger partial charge in [-0.15, -0.1) is 0 Å². The molecule has 0 N–H and O–H groups in total. The quantitative estimate of drug-likeness (QED) is 0.104. The molecule has 28 heavy (non-hydrogen) atoms. The SMILES string of the molecule is CCCCCCCC=CCCCCCCCCC(=O)OCCCCCCCC. The molecule has 0 radical (unpaired) electrons. The summed E-state index contributed by atoms with van der Waals surface area (Å²) in [5.41, 5.74) is 0. The van der Waals surface area contributed by atoms with E-state index in [4.69, 9.17) is 4.74 Å². The first kappa shape index (κ1) is 27.2. The summed E-state index contributed by atoms with van der Waals surface area (Å²) < 4.78 is 5.32. The Labute approximate surface area is 176 Å². The minimum Gasteiger partial charge on any atom is -0.466 e. The molecule has 0 rings (SSSR count). The fourth-order valence-corrected chi connectivity index (χ4v) is 3.48. The second-order valence-electron chi connectivity index (χ2n) is 8.32. The third kappa shape index (κ3) is 23.2. The average molecular weight is 395 g/mol. The van der Waals surface area contributed by atoms with Gasteiger partial charge in [0.05, 0.1) is 6.61 Å². The van der Waals surface area contributed by atoms with Gasteiger partial charge < -0.3 is 4.74 Å². The van der Waals surface area contributed by atoms with E-state index in [0.717, 1.165) is 12.8 Å². The molecule has 0 aromatic rings. The standard InChI is InChI=1S/C26H50O2/c1-3-5-7-9-11-12-13-14-15-16-17-18-19-20-22-24-26(27)28-25-23-21-10-8-6-4-2/h13-14H,3-12,15-25H2,1-2H3. The topological polar surface area (TPSA) is 26.3 Å². The Morgan fingerprint density at radius 1 is 0.571 bits per heavy atom. The minimum atomic E-state index is 0.00777. The van der Waals surface area contributed by atoms with Crippen molar-refractivity contribution in [2.24, 2.45) is 0 Å². The van der Waals surface area contributed by atoms with Crippen molar-refractivity contribution in [3.05, 3.63) is 12.2 Å². The number of carbonyl (C=O) groups excluding carboxylic acids is 1. The molecule has 0 heterocycles. The Morgan fingerprint density at radius 3 is 1.54 bits per heavy atom. The van der Waals surface area contributed by atoms with Gasteiger partial charge in [-0.2, -0.15) is 0 Å². The minimum absolute atomic E-state index is 0.00777. The Hall–Kier alpha value is -0.790. The van der Waals surface area contributed by atoms with Crippen LogP contribution in [0, 0.1) is 0 Å². The van der Waals surface area contributed by atoms with Crippen LogP contribution in [0.15, 0.2) is 12.2 Å². The molecule has 0 spiro atoms. The maximum Gasteiger partial charge on any atom is 0.305 e. The second kappa shape index (κ2) is 24.2. The maximum atomic E-state index is 11.7. The molecule has 0 bridgehead atoms. The molecule has 0 aliphatic carbocycles. The van der Waals surface area contributed by atoms with E-state index in [-0.39, 0.29) is 5.97 Å². The molecule has 166 valence electrons. The van der Waals surface area contributed by atoms with Gasteiger partial charge in [0.25, 0.3) is 0 Å². The highest BCUT2D eigenvalue weighted by Crippen LogP contribution is 2.11. The summed E-state index contributed by atoms with van der Waals surface area (Å²) in [7, 11) is 0. The van der Waals surface area contributed by atoms with Crippen molar-refractivity contribution in [1.82, 2.24) is 0 Å². The van der Waals surface area contributed by atoms with Crippen molar-refractivity contribution in [2.45, 2.75) is 142 Å². The normalized spacial score (nSPS) is 11.4. The van der Waals surface area contributed by atoms with E-state index < -0.39 is 0 Å². The maximum absolute atomic E-state index is 11.7. The molecule has 0 saturated carbocycles. The van der Waals surface area contributed by atoms with Crippen molar-refractivity contribution in [2.75, 3.05) is 6.61 Å². The lowest BCUT2D eigenvalue weighted by Crippen LogP contribution is -2.05. The molecule has 0 atom stereocenters. The van der Waals surface area contributed by atoms with Crippen LogP contribution in [0.25, 0.3) is 0 Å². The van der Waals surface area contributed by atoms with Crippen molar-refractivity contribution >= 4 is 5.97 Å². The molecule has 0 amide bonds. The molecule has 2 nitrogen and oxygen atoms in total. The lowest BCUT2D eigenvalue weighted by molar-refractivity contribution is -0.143. The Bertz CT molecular complexity index is 335. The predicted molar refractivity (Wildman–Crippen MR) is 124 cm³/mol. The van der Waals surface area contributed by atoms with Gasteiger partial charge in [0.15, 0.2) is 0 Å². The van der Waals surface area contributed by atoms with Gasteiger partial charge in [-0.25, -0.2) is 0 Å². The monoisotopic (exact) mass is 394 g/mol. The van der Waals surface area contributed by atoms with Crippen LogP contribution in [0.2, 0.25) is 0 Å². The lowest BCUT2D eigenvalue weighted by atomic mass is 10.1. The van der Waals surface area contributed by atoms with Crippen LogP contribution in [0.1, 0.15) is 142 Å². The first-order valence-electron chi connectivity index (χ1n) is 12.6. The van der Waals surface area contributed by atoms with Crippen LogP contribution < -0.4 is 0 Å². The zero-order valence-corrected chi connectivity index (χ0v) is 19.3. The molecule has 2 heteroatoms. The van der Waals surface area contributed by atoms with Gasteiger partial charge in [-0.1, -0.05) is 109 Å². The van der Waals surface area contributed by atoms with Gasteiger partial charge in [0.1, 0.15) is 0 Å². The van der Waals surface area contributed by atoms with Crippen LogP contribution in [-0.4, -0.2) is 12.6 Å². The third-order valence-corrected chi connectivity index (χ3v) is 5.40. The van der Waals surface area contributed by atoms with Crippen molar-refractivity contribution in [3.63, 3.8) is 0 Å². The van der Waals surface area contributed by atoms with Crippen molar-refractivity contribution in [3.8, 4) is 0 Å². The summed E-state index contributed by atoms with van der Waals surface area (Å²) >= 11 is 0. The van der Waals surface area contributed by atoms with E-state index in [1.807, 2.05) is 0 Å². The number of hydrogen-bond acceptors (Lipinski definition) is 2. The van der Waals surface area contributed by atoms with Crippen LogP contribution in [0.3, 0.4) is 0 Å². The van der Waals surface area contributed by atoms with E-state index in [1.54, 1.807) is 0 Å². The number of unbranched alkanes of at least 4 members (excludes halogenated alkanes) is 16. The summed E-state index contributed by atoms with van der Waals surface area (Å²) in [5, 5.41) is 0. The van der Waals surface area contributed by atoms with Gasteiger partial charge in [0.2, 0.25) is 0 Å². The summed E-state index contributed by atoms with van der Waals surface area (Å²) in [4.78, 5) is 11.7. The number of carbonyl (C=O) groups is 1. The fraction of sp³-hybridized carbons (Fsp3) is 0.885. The zero-order valence-electron chi connectivity index (χ0n) is 19.3. The molecule has 0 saturated heterocycles. The lowest BCUT2D eigenvalue weighted by Gasteiger charge is -2.05. The zero-order chi connectivity index (χ0) is 20.5. The predicted octanol–water partition coefficient (Wildman–Crippen LogP) is 8.93. The van der Waals surface area contributed by atoms with E-state index in [2.05, 4.69) is 26.0 Å². The van der Waals surface area contributed by atoms with Gasteiger partial charge in [-0.05, 0) is 38.5 Å². The second-order valence-corrected chi connectivity index (χ2v) is 8.32. The van der Waals surface area contributed by atoms with Crippen LogP contribution in [-0.2, 0) is 9.53 Å². The Balaban J connectivity index is 3.18. The molecule has 0 aromatic carbocycles. The van der Waals surface area contributed by atoms with Gasteiger partial charge in [0, 0.05) is 6.42 Å². The highest BCUT2D eigenvalue weighted by molar-refractivity contribution is 5.69. The summed E-state index contributed by atoms with van der Waals surface area (Å²) in [6.07, 6.45) is 29.5. The van der Waals surface area contributed by atoms with Crippen LogP contribution >= 0.6 is 0 Å². The first-order chi connectivity index (χ1) is 13.8. The number of hydrogen-bond donors (Lipinski definition) is 0. The third-order valence-electron chi connectivity index (χ3n) is 5.40. The molecule has 0 fully saturated rings. The summed E-state index contributed by atoms with van der Waals surface area (Å²) in [5.74, 6) is 0.00777. The Morgan fingerprint density at radius 2 is 1.00 bits per heavy atom. The molecule has 0 aromatic heterocycles. The summed E-state index contributed by atoms with van der Waals surface area (Å²) in [6.45, 7) is 5.13. The fourth-order valence-electron chi connectivity index (χ4n) is 3.48. The number of rotatable bonds is 22. The van der Waals surface area contributed by atoms with E-state index in [9.17, 15) is 4.79 Å². The highest BCUT2D eigenvalue weighted by atomic mass is 16.5. The molecular formula is C26H50O2. The molecule has 0 aliphatic rings. The number of ether oxygens (including phenoxy) is 1. The molecule has 0 unspecified atom stereocenters. The van der Waals surface area contributed by atoms with E-state index in [1.165, 1.54) is 109 Å². The smallest absolute Gasteiger partial charge is 0.305 e. The summed E-state index contributed by atoms with van der Waals surface area (Å²) in [6, 6.07) is 0. The van der Waals surface area contributed by atoms with Gasteiger partial charge in [-0.3, -0.25) is 4.79 Å². The van der Waals surface area contributed by atoms with Crippen LogP contribution in [0.4, 0.5) is 0 Å². The molecular weight excluding hydrogens is 344 g/mol. The average Bonchev–Trinajstić information content (AvgIpc) is 2.70. The van der Waals surface area contributed by atoms with Gasteiger partial charge >= 0.3 is 5.97 Å². The first-order valence-corrected chi connectivity index (χ1v) is 12.6. The van der Waals surface area contributed by atoms with Crippen LogP contribution in [0.5, 0.6) is 0 Å².